The number of fused-ring (bicyclic) bond motifs is 5. The highest BCUT2D eigenvalue weighted by Crippen LogP contribution is 2.31. The fourth-order valence-electron chi connectivity index (χ4n) is 16.6. The van der Waals surface area contributed by atoms with Gasteiger partial charge in [0.15, 0.2) is 0 Å². The number of piperidine rings is 5. The van der Waals surface area contributed by atoms with Crippen LogP contribution in [-0.2, 0) is 11.0 Å². The van der Waals surface area contributed by atoms with Crippen LogP contribution >= 0.6 is 11.6 Å². The lowest BCUT2D eigenvalue weighted by Gasteiger charge is -2.26. The maximum Gasteiger partial charge on any atom is 0.253 e. The molecule has 5 aromatic heterocycles. The Morgan fingerprint density at radius 1 is 0.275 bits per heavy atom. The van der Waals surface area contributed by atoms with E-state index >= 15 is 0 Å². The van der Waals surface area contributed by atoms with Gasteiger partial charge in [0.1, 0.15) is 25.3 Å². The second-order valence-electron chi connectivity index (χ2n) is 34.5. The third-order valence-electron chi connectivity index (χ3n) is 23.7. The van der Waals surface area contributed by atoms with Crippen LogP contribution in [0.2, 0.25) is 5.02 Å². The maximum absolute atomic E-state index is 12.7. The van der Waals surface area contributed by atoms with Gasteiger partial charge in [0, 0.05) is 127 Å². The molecule has 120 heavy (non-hydrogen) atoms. The van der Waals surface area contributed by atoms with E-state index in [4.69, 9.17) is 11.6 Å². The number of hydrogen-bond donors (Lipinski definition) is 0. The summed E-state index contributed by atoms with van der Waals surface area (Å²) >= 11 is 5.95. The van der Waals surface area contributed by atoms with Crippen LogP contribution < -0.4 is 0 Å². The number of aromatic nitrogens is 10. The van der Waals surface area contributed by atoms with Gasteiger partial charge in [0.25, 0.3) is 29.5 Å². The van der Waals surface area contributed by atoms with Gasteiger partial charge in [0.05, 0.1) is 61.5 Å². The summed E-state index contributed by atoms with van der Waals surface area (Å²) in [6, 6.07) is 62.1. The Hall–Kier alpha value is -12.0. The van der Waals surface area contributed by atoms with Crippen LogP contribution in [0.15, 0.2) is 220 Å². The van der Waals surface area contributed by atoms with Gasteiger partial charge in [-0.05, 0) is 294 Å². The smallest absolute Gasteiger partial charge is 0.253 e. The SMILES string of the molecule is CC(C)(C)c1ccc(-n2cnc3cc(C(=O)N4CCCCC4)ccc32)cc1.CC(C)(C)n1cnc2cc(C(=O)N3CCCCC3)ccc21.Cc1ccc(-n2cnc3cc(C(=O)N4CCCCC4)ccc32)cc1.Cc1ccc(-n2cnc3cc(C(=O)N4CCCCC4)ccc32)cc1.O=C(c1ccc2c(c1)ncn2-c1ccc(Cl)cc1)N1CCCCC1. The van der Waals surface area contributed by atoms with Crippen LogP contribution in [0.25, 0.3) is 77.9 Å². The highest BCUT2D eigenvalue weighted by Gasteiger charge is 2.27. The van der Waals surface area contributed by atoms with Gasteiger partial charge in [-0.2, -0.15) is 0 Å². The lowest BCUT2D eigenvalue weighted by Crippen LogP contribution is -2.35. The highest BCUT2D eigenvalue weighted by molar-refractivity contribution is 6.30. The second kappa shape index (κ2) is 37.1. The number of carbonyl (C=O) groups is 5. The summed E-state index contributed by atoms with van der Waals surface area (Å²) in [5, 5.41) is 0.706. The number of carbonyl (C=O) groups excluding carboxylic acids is 5. The van der Waals surface area contributed by atoms with Crippen LogP contribution in [0.1, 0.15) is 206 Å². The van der Waals surface area contributed by atoms with Crippen molar-refractivity contribution in [2.24, 2.45) is 0 Å². The minimum absolute atomic E-state index is 0.00680. The predicted molar refractivity (Wildman–Crippen MR) is 481 cm³/mol. The highest BCUT2D eigenvalue weighted by atomic mass is 35.5. The molecule has 9 aromatic carbocycles. The Morgan fingerprint density at radius 3 is 0.750 bits per heavy atom. The van der Waals surface area contributed by atoms with Gasteiger partial charge in [-0.25, -0.2) is 24.9 Å². The topological polar surface area (TPSA) is 191 Å². The van der Waals surface area contributed by atoms with E-state index in [1.807, 2.05) is 170 Å². The van der Waals surface area contributed by atoms with Crippen molar-refractivity contribution in [3.63, 3.8) is 0 Å². The summed E-state index contributed by atoms with van der Waals surface area (Å²) in [5.74, 6) is 0.628. The molecule has 5 aliphatic rings. The molecule has 0 spiro atoms. The van der Waals surface area contributed by atoms with E-state index in [0.29, 0.717) is 10.6 Å². The first-order chi connectivity index (χ1) is 58.1. The fraction of sp³-hybridized carbons (Fsp3) is 0.354. The average molecular weight is 1630 g/mol. The molecular formula is C99H110ClN15O5. The van der Waals surface area contributed by atoms with Crippen molar-refractivity contribution in [2.75, 3.05) is 65.4 Å². The Balaban J connectivity index is 0.000000117. The number of rotatable bonds is 9. The lowest BCUT2D eigenvalue weighted by atomic mass is 9.87. The molecule has 0 N–H and O–H groups in total. The first-order valence-corrected chi connectivity index (χ1v) is 43.3. The van der Waals surface area contributed by atoms with Crippen LogP contribution in [0.4, 0.5) is 0 Å². The Labute approximate surface area is 708 Å². The molecule has 21 heteroatoms. The molecule has 5 amide bonds. The standard InChI is InChI=1S/C23H27N3O.2C20H21N3O.C19H18ClN3O.C17H23N3O/c1-23(2,3)18-8-10-19(11-9-18)26-16-24-20-15-17(7-12-21(20)26)22(27)25-13-5-4-6-14-25;2*1-15-5-8-17(9-6-15)23-14-21-18-13-16(7-10-19(18)23)20(24)22-11-3-2-4-12-22;20-15-5-7-16(8-6-15)23-13-21-17-12-14(4-9-18(17)23)19(24)22-10-2-1-3-11-22;1-17(2,3)20-12-18-14-11-13(7-8-15(14)20)16(21)19-9-5-4-6-10-19/h7-12,15-16H,4-6,13-14H2,1-3H3;2*5-10,13-14H,2-4,11-12H2,1H3;4-9,12-13H,1-3,10-11H2;7-8,11-12H,4-6,9-10H2,1-3H3. The van der Waals surface area contributed by atoms with E-state index in [1.165, 1.54) is 48.8 Å². The number of likely N-dealkylation sites (tertiary alicyclic amines) is 5. The molecule has 0 saturated carbocycles. The molecule has 0 bridgehead atoms. The summed E-state index contributed by atoms with van der Waals surface area (Å²) in [6.45, 7) is 26.0. The number of hydrogen-bond acceptors (Lipinski definition) is 10. The molecule has 0 radical (unpaired) electrons. The fourth-order valence-corrected chi connectivity index (χ4v) is 16.7. The number of benzene rings is 9. The van der Waals surface area contributed by atoms with Crippen molar-refractivity contribution in [3.05, 3.63) is 269 Å². The van der Waals surface area contributed by atoms with Gasteiger partial charge in [-0.1, -0.05) is 79.9 Å². The molecule has 14 aromatic rings. The zero-order chi connectivity index (χ0) is 83.6. The Kier molecular flexibility index (Phi) is 25.7. The largest absolute Gasteiger partial charge is 0.339 e. The van der Waals surface area contributed by atoms with Gasteiger partial charge in [-0.3, -0.25) is 42.2 Å². The first-order valence-electron chi connectivity index (χ1n) is 42.9. The van der Waals surface area contributed by atoms with Crippen molar-refractivity contribution in [3.8, 4) is 22.7 Å². The van der Waals surface area contributed by atoms with Crippen LogP contribution in [-0.4, -0.2) is 167 Å². The summed E-state index contributed by atoms with van der Waals surface area (Å²) in [4.78, 5) is 95.5. The van der Waals surface area contributed by atoms with E-state index in [2.05, 4.69) is 171 Å². The van der Waals surface area contributed by atoms with E-state index in [1.54, 1.807) is 6.33 Å². The molecular weight excluding hydrogens is 1510 g/mol. The average Bonchev–Trinajstić information content (AvgIpc) is 1.67. The molecule has 10 heterocycles. The van der Waals surface area contributed by atoms with E-state index in [0.717, 1.165) is 230 Å². The second-order valence-corrected chi connectivity index (χ2v) is 34.9. The Morgan fingerprint density at radius 2 is 0.500 bits per heavy atom. The first kappa shape index (κ1) is 83.0. The summed E-state index contributed by atoms with van der Waals surface area (Å²) in [7, 11) is 0. The molecule has 20 nitrogen and oxygen atoms in total. The van der Waals surface area contributed by atoms with Crippen LogP contribution in [0, 0.1) is 13.8 Å². The van der Waals surface area contributed by atoms with Crippen molar-refractivity contribution < 1.29 is 24.0 Å². The van der Waals surface area contributed by atoms with Crippen LogP contribution in [0.3, 0.4) is 0 Å². The molecule has 5 fully saturated rings. The van der Waals surface area contributed by atoms with E-state index < -0.39 is 0 Å². The number of amides is 5. The number of halogens is 1. The molecule has 0 aliphatic carbocycles. The normalized spacial score (nSPS) is 15.3. The van der Waals surface area contributed by atoms with Gasteiger partial charge in [-0.15, -0.1) is 0 Å². The molecule has 618 valence electrons. The van der Waals surface area contributed by atoms with Crippen molar-refractivity contribution in [1.29, 1.82) is 0 Å². The number of imidazole rings is 5. The molecule has 5 aliphatic heterocycles. The van der Waals surface area contributed by atoms with Gasteiger partial charge in [0.2, 0.25) is 0 Å². The number of nitrogens with zero attached hydrogens (tertiary/aromatic N) is 15. The van der Waals surface area contributed by atoms with Gasteiger partial charge < -0.3 is 29.1 Å². The predicted octanol–water partition coefficient (Wildman–Crippen LogP) is 20.6. The Bertz CT molecular complexity index is 5580. The zero-order valence-corrected chi connectivity index (χ0v) is 71.3. The van der Waals surface area contributed by atoms with E-state index in [-0.39, 0.29) is 40.5 Å². The quantitative estimate of drug-likeness (QED) is 0.134. The summed E-state index contributed by atoms with van der Waals surface area (Å²) in [6.07, 6.45) is 26.3. The third kappa shape index (κ3) is 19.3. The molecule has 5 saturated heterocycles. The lowest BCUT2D eigenvalue weighted by molar-refractivity contribution is 0.0717. The van der Waals surface area contributed by atoms with Crippen molar-refractivity contribution >= 4 is 96.3 Å². The zero-order valence-electron chi connectivity index (χ0n) is 70.6. The van der Waals surface area contributed by atoms with Crippen molar-refractivity contribution in [1.82, 2.24) is 72.3 Å². The summed E-state index contributed by atoms with van der Waals surface area (Å²) < 4.78 is 10.4. The molecule has 0 unspecified atom stereocenters. The molecule has 0 atom stereocenters. The number of aryl methyl sites for hydroxylation is 2. The minimum atomic E-state index is -0.00680. The molecule has 19 rings (SSSR count). The monoisotopic (exact) mass is 1620 g/mol. The maximum atomic E-state index is 12.7. The van der Waals surface area contributed by atoms with Crippen molar-refractivity contribution in [2.45, 2.75) is 163 Å². The van der Waals surface area contributed by atoms with Crippen LogP contribution in [0.5, 0.6) is 0 Å². The van der Waals surface area contributed by atoms with Gasteiger partial charge >= 0.3 is 0 Å². The van der Waals surface area contributed by atoms with E-state index in [9.17, 15) is 24.0 Å². The summed E-state index contributed by atoms with van der Waals surface area (Å²) in [5.41, 5.74) is 21.3. The third-order valence-corrected chi connectivity index (χ3v) is 23.9. The minimum Gasteiger partial charge on any atom is -0.339 e.